The Morgan fingerprint density at radius 3 is 2.84 bits per heavy atom. The van der Waals surface area contributed by atoms with E-state index in [1.807, 2.05) is 42.1 Å². The Labute approximate surface area is 118 Å². The summed E-state index contributed by atoms with van der Waals surface area (Å²) >= 11 is 1.84. The molecule has 1 aromatic carbocycles. The molecule has 3 unspecified atom stereocenters. The Morgan fingerprint density at radius 1 is 1.53 bits per heavy atom. The minimum absolute atomic E-state index is 0.0519. The van der Waals surface area contributed by atoms with E-state index >= 15 is 0 Å². The number of oxime groups is 1. The Hall–Kier alpha value is -1.20. The lowest BCUT2D eigenvalue weighted by atomic mass is 10.0. The van der Waals surface area contributed by atoms with Gasteiger partial charge in [-0.25, -0.2) is 0 Å². The second-order valence-electron chi connectivity index (χ2n) is 4.72. The zero-order valence-electron chi connectivity index (χ0n) is 11.0. The van der Waals surface area contributed by atoms with Crippen LogP contribution in [0.1, 0.15) is 24.8 Å². The maximum Gasteiger partial charge on any atom is 0.147 e. The highest BCUT2D eigenvalue weighted by atomic mass is 32.2. The van der Waals surface area contributed by atoms with Crippen molar-refractivity contribution in [2.45, 2.75) is 30.6 Å². The maximum atomic E-state index is 8.94. The number of rotatable bonds is 5. The normalized spacial score (nSPS) is 25.4. The minimum atomic E-state index is -0.0519. The third-order valence-electron chi connectivity index (χ3n) is 3.46. The monoisotopic (exact) mass is 280 g/mol. The molecule has 0 bridgehead atoms. The first-order valence-electron chi connectivity index (χ1n) is 6.48. The van der Waals surface area contributed by atoms with Crippen LogP contribution in [0.25, 0.3) is 0 Å². The fraction of sp³-hybridized carbons (Fsp3) is 0.500. The van der Waals surface area contributed by atoms with Crippen molar-refractivity contribution < 1.29 is 9.94 Å². The predicted octanol–water partition coefficient (Wildman–Crippen LogP) is 2.43. The topological polar surface area (TPSA) is 67.8 Å². The van der Waals surface area contributed by atoms with E-state index in [1.165, 1.54) is 0 Å². The Kier molecular flexibility index (Phi) is 5.10. The number of hydrogen-bond donors (Lipinski definition) is 2. The number of benzene rings is 1. The summed E-state index contributed by atoms with van der Waals surface area (Å²) in [6.07, 6.45) is 1.36. The van der Waals surface area contributed by atoms with Gasteiger partial charge in [0.2, 0.25) is 0 Å². The summed E-state index contributed by atoms with van der Waals surface area (Å²) in [5.41, 5.74) is 6.90. The highest BCUT2D eigenvalue weighted by Crippen LogP contribution is 2.30. The number of amidine groups is 1. The zero-order chi connectivity index (χ0) is 13.7. The van der Waals surface area contributed by atoms with Crippen molar-refractivity contribution >= 4 is 17.6 Å². The first-order chi connectivity index (χ1) is 9.22. The fourth-order valence-corrected chi connectivity index (χ4v) is 3.67. The molecule has 3 N–H and O–H groups in total. The van der Waals surface area contributed by atoms with Gasteiger partial charge in [0.05, 0.1) is 12.0 Å². The molecule has 4 nitrogen and oxygen atoms in total. The largest absolute Gasteiger partial charge is 0.409 e. The Balaban J connectivity index is 2.03. The number of thioether (sulfide) groups is 1. The van der Waals surface area contributed by atoms with Gasteiger partial charge in [-0.2, -0.15) is 11.8 Å². The second-order valence-corrected chi connectivity index (χ2v) is 6.00. The summed E-state index contributed by atoms with van der Waals surface area (Å²) in [6, 6.07) is 9.93. The van der Waals surface area contributed by atoms with Crippen molar-refractivity contribution in [3.05, 3.63) is 35.9 Å². The van der Waals surface area contributed by atoms with Gasteiger partial charge in [-0.3, -0.25) is 0 Å². The van der Waals surface area contributed by atoms with Crippen molar-refractivity contribution in [2.75, 3.05) is 12.4 Å². The van der Waals surface area contributed by atoms with Crippen LogP contribution in [0.2, 0.25) is 0 Å². The second kappa shape index (κ2) is 6.82. The molecule has 5 heteroatoms. The van der Waals surface area contributed by atoms with Crippen LogP contribution in [0.3, 0.4) is 0 Å². The molecular weight excluding hydrogens is 260 g/mol. The van der Waals surface area contributed by atoms with Crippen molar-refractivity contribution in [1.29, 1.82) is 0 Å². The molecule has 1 heterocycles. The van der Waals surface area contributed by atoms with Crippen molar-refractivity contribution in [2.24, 2.45) is 10.9 Å². The van der Waals surface area contributed by atoms with E-state index < -0.39 is 0 Å². The Bertz CT molecular complexity index is 425. The molecule has 19 heavy (non-hydrogen) atoms. The van der Waals surface area contributed by atoms with E-state index in [0.717, 1.165) is 24.3 Å². The lowest BCUT2D eigenvalue weighted by Gasteiger charge is -2.19. The SMILES string of the molecule is CC1OCCC1SCC(/C(N)=N/O)c1ccccc1. The van der Waals surface area contributed by atoms with Crippen molar-refractivity contribution in [3.63, 3.8) is 0 Å². The zero-order valence-corrected chi connectivity index (χ0v) is 11.8. The van der Waals surface area contributed by atoms with Gasteiger partial charge in [0, 0.05) is 17.6 Å². The molecule has 1 aliphatic rings. The molecule has 1 saturated heterocycles. The van der Waals surface area contributed by atoms with Crippen LogP contribution in [0, 0.1) is 0 Å². The van der Waals surface area contributed by atoms with Crippen LogP contribution < -0.4 is 5.73 Å². The average molecular weight is 280 g/mol. The summed E-state index contributed by atoms with van der Waals surface area (Å²) in [5, 5.41) is 12.6. The molecule has 0 radical (unpaired) electrons. The lowest BCUT2D eigenvalue weighted by Crippen LogP contribution is -2.25. The molecule has 0 spiro atoms. The van der Waals surface area contributed by atoms with Gasteiger partial charge in [0.15, 0.2) is 0 Å². The fourth-order valence-electron chi connectivity index (χ4n) is 2.26. The smallest absolute Gasteiger partial charge is 0.147 e. The average Bonchev–Trinajstić information content (AvgIpc) is 2.85. The quantitative estimate of drug-likeness (QED) is 0.376. The minimum Gasteiger partial charge on any atom is -0.409 e. The maximum absolute atomic E-state index is 8.94. The molecule has 1 aromatic rings. The molecule has 1 aliphatic heterocycles. The van der Waals surface area contributed by atoms with Gasteiger partial charge in [-0.05, 0) is 18.9 Å². The van der Waals surface area contributed by atoms with E-state index in [0.29, 0.717) is 5.25 Å². The lowest BCUT2D eigenvalue weighted by molar-refractivity contribution is 0.127. The van der Waals surface area contributed by atoms with Gasteiger partial charge in [-0.1, -0.05) is 35.5 Å². The molecule has 0 saturated carbocycles. The van der Waals surface area contributed by atoms with Crippen molar-refractivity contribution in [1.82, 2.24) is 0 Å². The van der Waals surface area contributed by atoms with Gasteiger partial charge in [-0.15, -0.1) is 0 Å². The molecule has 3 atom stereocenters. The molecule has 0 aliphatic carbocycles. The molecular formula is C14H20N2O2S. The first kappa shape index (κ1) is 14.2. The van der Waals surface area contributed by atoms with Gasteiger partial charge >= 0.3 is 0 Å². The van der Waals surface area contributed by atoms with Crippen molar-refractivity contribution in [3.8, 4) is 0 Å². The number of nitrogens with two attached hydrogens (primary N) is 1. The molecule has 0 amide bonds. The van der Waals surface area contributed by atoms with E-state index in [9.17, 15) is 0 Å². The summed E-state index contributed by atoms with van der Waals surface area (Å²) in [4.78, 5) is 0. The standard InChI is InChI=1S/C14H20N2O2S/c1-10-13(7-8-18-10)19-9-12(14(15)16-17)11-5-3-2-4-6-11/h2-6,10,12-13,17H,7-9H2,1H3,(H2,15,16). The van der Waals surface area contributed by atoms with E-state index in [-0.39, 0.29) is 17.9 Å². The highest BCUT2D eigenvalue weighted by Gasteiger charge is 2.27. The van der Waals surface area contributed by atoms with Crippen LogP contribution in [0.15, 0.2) is 35.5 Å². The molecule has 1 fully saturated rings. The van der Waals surface area contributed by atoms with Gasteiger partial charge < -0.3 is 15.7 Å². The van der Waals surface area contributed by atoms with Crippen LogP contribution in [-0.4, -0.2) is 34.8 Å². The van der Waals surface area contributed by atoms with Crippen LogP contribution >= 0.6 is 11.8 Å². The highest BCUT2D eigenvalue weighted by molar-refractivity contribution is 8.00. The first-order valence-corrected chi connectivity index (χ1v) is 7.53. The number of nitrogens with zero attached hydrogens (tertiary/aromatic N) is 1. The predicted molar refractivity (Wildman–Crippen MR) is 78.9 cm³/mol. The molecule has 2 rings (SSSR count). The number of hydrogen-bond acceptors (Lipinski definition) is 4. The van der Waals surface area contributed by atoms with Crippen LogP contribution in [-0.2, 0) is 4.74 Å². The third kappa shape index (κ3) is 3.64. The van der Waals surface area contributed by atoms with E-state index in [4.69, 9.17) is 15.7 Å². The van der Waals surface area contributed by atoms with E-state index in [1.54, 1.807) is 0 Å². The van der Waals surface area contributed by atoms with Crippen LogP contribution in [0.5, 0.6) is 0 Å². The van der Waals surface area contributed by atoms with E-state index in [2.05, 4.69) is 12.1 Å². The molecule has 104 valence electrons. The third-order valence-corrected chi connectivity index (χ3v) is 5.03. The summed E-state index contributed by atoms with van der Waals surface area (Å²) < 4.78 is 5.56. The summed E-state index contributed by atoms with van der Waals surface area (Å²) in [7, 11) is 0. The number of ether oxygens (including phenoxy) is 1. The van der Waals surface area contributed by atoms with Gasteiger partial charge in [0.25, 0.3) is 0 Å². The summed E-state index contributed by atoms with van der Waals surface area (Å²) in [6.45, 7) is 2.93. The molecule has 0 aromatic heterocycles. The summed E-state index contributed by atoms with van der Waals surface area (Å²) in [5.74, 6) is 1.02. The Morgan fingerprint density at radius 2 is 2.26 bits per heavy atom. The van der Waals surface area contributed by atoms with Gasteiger partial charge in [0.1, 0.15) is 5.84 Å². The van der Waals surface area contributed by atoms with Crippen LogP contribution in [0.4, 0.5) is 0 Å².